The van der Waals surface area contributed by atoms with Crippen molar-refractivity contribution in [2.45, 2.75) is 50.0 Å². The third kappa shape index (κ3) is 4.78. The fraction of sp³-hybridized carbons (Fsp3) is 0.480. The smallest absolute Gasteiger partial charge is 0.409 e. The minimum atomic E-state index is -4.68. The molecule has 1 aromatic carbocycles. The van der Waals surface area contributed by atoms with Crippen molar-refractivity contribution >= 4 is 17.4 Å². The molecule has 1 aromatic heterocycles. The van der Waals surface area contributed by atoms with Crippen LogP contribution < -0.4 is 15.0 Å². The highest BCUT2D eigenvalue weighted by molar-refractivity contribution is 5.95. The molecule has 0 radical (unpaired) electrons. The Labute approximate surface area is 201 Å². The van der Waals surface area contributed by atoms with Crippen molar-refractivity contribution in [2.75, 3.05) is 31.1 Å². The summed E-state index contributed by atoms with van der Waals surface area (Å²) in [5.74, 6) is -0.698. The Kier molecular flexibility index (Phi) is 6.28. The minimum Gasteiger partial charge on any atom is -0.486 e. The van der Waals surface area contributed by atoms with Gasteiger partial charge in [0.2, 0.25) is 0 Å². The highest BCUT2D eigenvalue weighted by atomic mass is 19.4. The molecule has 2 unspecified atom stereocenters. The van der Waals surface area contributed by atoms with Crippen LogP contribution in [0.5, 0.6) is 5.75 Å². The molecule has 3 fully saturated rings. The molecular weight excluding hydrogens is 459 g/mol. The molecule has 3 aliphatic rings. The van der Waals surface area contributed by atoms with Crippen LogP contribution in [0, 0.1) is 6.57 Å². The SMILES string of the molecule is [C-]#[N+]c1ncc(OC2CC3CCC(C2)N3C(=O)c2ccc(N3CCNCC3)cc2)cc1C(F)(F)F. The molecule has 3 aliphatic heterocycles. The summed E-state index contributed by atoms with van der Waals surface area (Å²) in [6, 6.07) is 8.56. The number of piperidine rings is 1. The number of hydrogen-bond acceptors (Lipinski definition) is 5. The predicted octanol–water partition coefficient (Wildman–Crippen LogP) is 4.28. The highest BCUT2D eigenvalue weighted by Gasteiger charge is 2.44. The number of amides is 1. The number of halogens is 3. The van der Waals surface area contributed by atoms with Gasteiger partial charge in [-0.3, -0.25) is 4.79 Å². The third-order valence-electron chi connectivity index (χ3n) is 7.08. The first-order chi connectivity index (χ1) is 16.8. The number of hydrogen-bond donors (Lipinski definition) is 1. The molecule has 0 spiro atoms. The number of pyridine rings is 1. The first-order valence-electron chi connectivity index (χ1n) is 11.8. The Hall–Kier alpha value is -3.32. The summed E-state index contributed by atoms with van der Waals surface area (Å²) in [6.07, 6.45) is -1.03. The summed E-state index contributed by atoms with van der Waals surface area (Å²) in [7, 11) is 0. The van der Waals surface area contributed by atoms with Crippen LogP contribution in [0.4, 0.5) is 24.7 Å². The lowest BCUT2D eigenvalue weighted by atomic mass is 9.98. The number of rotatable bonds is 4. The van der Waals surface area contributed by atoms with Gasteiger partial charge in [0.15, 0.2) is 11.9 Å². The molecule has 184 valence electrons. The molecule has 2 aromatic rings. The molecule has 2 bridgehead atoms. The number of carbonyl (C=O) groups excluding carboxylic acids is 1. The number of benzene rings is 1. The van der Waals surface area contributed by atoms with Crippen molar-refractivity contribution in [1.82, 2.24) is 15.2 Å². The largest absolute Gasteiger partial charge is 0.486 e. The maximum absolute atomic E-state index is 13.3. The Morgan fingerprint density at radius 3 is 2.37 bits per heavy atom. The Morgan fingerprint density at radius 2 is 1.77 bits per heavy atom. The Morgan fingerprint density at radius 1 is 1.11 bits per heavy atom. The lowest BCUT2D eigenvalue weighted by molar-refractivity contribution is -0.137. The van der Waals surface area contributed by atoms with E-state index < -0.39 is 17.6 Å². The van der Waals surface area contributed by atoms with Crippen LogP contribution in [0.3, 0.4) is 0 Å². The van der Waals surface area contributed by atoms with Crippen molar-refractivity contribution < 1.29 is 22.7 Å². The van der Waals surface area contributed by atoms with E-state index in [1.165, 1.54) is 6.20 Å². The summed E-state index contributed by atoms with van der Waals surface area (Å²) in [5.41, 5.74) is 0.660. The average Bonchev–Trinajstić information content (AvgIpc) is 3.13. The summed E-state index contributed by atoms with van der Waals surface area (Å²) in [5, 5.41) is 3.33. The second kappa shape index (κ2) is 9.38. The number of ether oxygens (including phenoxy) is 1. The molecule has 7 nitrogen and oxygen atoms in total. The zero-order valence-corrected chi connectivity index (χ0v) is 19.1. The maximum Gasteiger partial charge on any atom is 0.409 e. The topological polar surface area (TPSA) is 62.1 Å². The van der Waals surface area contributed by atoms with Gasteiger partial charge >= 0.3 is 6.18 Å². The van der Waals surface area contributed by atoms with Crippen LogP contribution in [0.1, 0.15) is 41.6 Å². The number of aromatic nitrogens is 1. The number of piperazine rings is 1. The third-order valence-corrected chi connectivity index (χ3v) is 7.08. The van der Waals surface area contributed by atoms with Crippen molar-refractivity contribution in [3.8, 4) is 5.75 Å². The number of carbonyl (C=O) groups is 1. The number of nitrogens with zero attached hydrogens (tertiary/aromatic N) is 4. The summed E-state index contributed by atoms with van der Waals surface area (Å²) in [6.45, 7) is 10.7. The van der Waals surface area contributed by atoms with E-state index in [9.17, 15) is 18.0 Å². The van der Waals surface area contributed by atoms with E-state index in [0.717, 1.165) is 50.8 Å². The van der Waals surface area contributed by atoms with Gasteiger partial charge < -0.3 is 24.7 Å². The average molecular weight is 486 g/mol. The summed E-state index contributed by atoms with van der Waals surface area (Å²) in [4.78, 5) is 24.1. The van der Waals surface area contributed by atoms with Gasteiger partial charge in [0, 0.05) is 62.4 Å². The fourth-order valence-electron chi connectivity index (χ4n) is 5.43. The van der Waals surface area contributed by atoms with E-state index in [2.05, 4.69) is 20.0 Å². The van der Waals surface area contributed by atoms with Crippen molar-refractivity contribution in [3.05, 3.63) is 59.1 Å². The van der Waals surface area contributed by atoms with Gasteiger partial charge in [0.25, 0.3) is 11.7 Å². The van der Waals surface area contributed by atoms with Crippen LogP contribution in [-0.4, -0.2) is 60.2 Å². The quantitative estimate of drug-likeness (QED) is 0.656. The van der Waals surface area contributed by atoms with Gasteiger partial charge in [0.05, 0.1) is 5.56 Å². The zero-order valence-electron chi connectivity index (χ0n) is 19.1. The number of alkyl halides is 3. The lowest BCUT2D eigenvalue weighted by Gasteiger charge is -2.39. The van der Waals surface area contributed by atoms with E-state index in [0.29, 0.717) is 18.4 Å². The lowest BCUT2D eigenvalue weighted by Crippen LogP contribution is -2.49. The first kappa shape index (κ1) is 23.4. The molecule has 3 saturated heterocycles. The predicted molar refractivity (Wildman–Crippen MR) is 124 cm³/mol. The molecule has 2 atom stereocenters. The molecule has 5 rings (SSSR count). The van der Waals surface area contributed by atoms with Gasteiger partial charge in [-0.2, -0.15) is 13.2 Å². The minimum absolute atomic E-state index is 0.00240. The van der Waals surface area contributed by atoms with Crippen LogP contribution in [0.25, 0.3) is 4.85 Å². The van der Waals surface area contributed by atoms with Crippen LogP contribution >= 0.6 is 0 Å². The fourth-order valence-corrected chi connectivity index (χ4v) is 5.43. The molecule has 35 heavy (non-hydrogen) atoms. The number of fused-ring (bicyclic) bond motifs is 2. The number of anilines is 1. The van der Waals surface area contributed by atoms with Crippen molar-refractivity contribution in [2.24, 2.45) is 0 Å². The van der Waals surface area contributed by atoms with Gasteiger partial charge in [-0.15, -0.1) is 4.98 Å². The maximum atomic E-state index is 13.3. The molecule has 0 aliphatic carbocycles. The van der Waals surface area contributed by atoms with Gasteiger partial charge in [0.1, 0.15) is 6.10 Å². The molecule has 1 N–H and O–H groups in total. The Bertz CT molecular complexity index is 1110. The standard InChI is InChI=1S/C25H26F3N5O2/c1-29-23-22(25(26,27)28)14-21(15-31-23)35-20-12-18-6-7-19(13-20)33(18)24(34)16-2-4-17(5-3-16)32-10-8-30-9-11-32/h2-5,14-15,18-20,30H,6-13H2. The van der Waals surface area contributed by atoms with Gasteiger partial charge in [-0.05, 0) is 43.2 Å². The Balaban J connectivity index is 1.25. The van der Waals surface area contributed by atoms with Crippen LogP contribution in [-0.2, 0) is 6.18 Å². The van der Waals surface area contributed by atoms with Crippen molar-refractivity contribution in [1.29, 1.82) is 0 Å². The van der Waals surface area contributed by atoms with Crippen molar-refractivity contribution in [3.63, 3.8) is 0 Å². The zero-order chi connectivity index (χ0) is 24.6. The second-order valence-corrected chi connectivity index (χ2v) is 9.24. The molecule has 10 heteroatoms. The second-order valence-electron chi connectivity index (χ2n) is 9.24. The van der Waals surface area contributed by atoms with Gasteiger partial charge in [-0.1, -0.05) is 6.57 Å². The first-order valence-corrected chi connectivity index (χ1v) is 11.8. The summed E-state index contributed by atoms with van der Waals surface area (Å²) >= 11 is 0. The normalized spacial score (nSPS) is 24.2. The van der Waals surface area contributed by atoms with E-state index >= 15 is 0 Å². The van der Waals surface area contributed by atoms with Crippen LogP contribution in [0.2, 0.25) is 0 Å². The molecule has 1 amide bonds. The summed E-state index contributed by atoms with van der Waals surface area (Å²) < 4.78 is 45.7. The molecule has 4 heterocycles. The van der Waals surface area contributed by atoms with E-state index in [1.54, 1.807) is 0 Å². The van der Waals surface area contributed by atoms with E-state index in [1.807, 2.05) is 29.2 Å². The van der Waals surface area contributed by atoms with Gasteiger partial charge in [-0.25, -0.2) is 0 Å². The van der Waals surface area contributed by atoms with E-state index in [4.69, 9.17) is 11.3 Å². The molecular formula is C25H26F3N5O2. The molecule has 0 saturated carbocycles. The van der Waals surface area contributed by atoms with E-state index in [-0.39, 0.29) is 29.8 Å². The number of nitrogens with one attached hydrogen (secondary N) is 1. The van der Waals surface area contributed by atoms with Crippen LogP contribution in [0.15, 0.2) is 36.5 Å². The monoisotopic (exact) mass is 485 g/mol. The highest BCUT2D eigenvalue weighted by Crippen LogP contribution is 2.40.